The Balaban J connectivity index is 1.89. The molecule has 0 bridgehead atoms. The molecule has 1 aromatic heterocycles. The molecular weight excluding hydrogens is 372 g/mol. The number of ether oxygens (including phenoxy) is 2. The zero-order valence-electron chi connectivity index (χ0n) is 16.6. The molecule has 6 heteroatoms. The highest BCUT2D eigenvalue weighted by Gasteiger charge is 2.10. The average Bonchev–Trinajstić information content (AvgIpc) is 3.02. The molecule has 28 heavy (non-hydrogen) atoms. The lowest BCUT2D eigenvalue weighted by molar-refractivity contribution is 0.0997. The number of methoxy groups -OCH3 is 1. The van der Waals surface area contributed by atoms with Crippen molar-refractivity contribution in [2.45, 2.75) is 33.2 Å². The summed E-state index contributed by atoms with van der Waals surface area (Å²) >= 11 is 1.52. The Labute approximate surface area is 169 Å². The molecule has 1 amide bonds. The molecule has 2 aromatic carbocycles. The summed E-state index contributed by atoms with van der Waals surface area (Å²) in [5.41, 5.74) is 2.80. The summed E-state index contributed by atoms with van der Waals surface area (Å²) in [7, 11) is 1.67. The highest BCUT2D eigenvalue weighted by Crippen LogP contribution is 2.19. The second-order valence-electron chi connectivity index (χ2n) is 6.64. The molecule has 0 saturated carbocycles. The molecule has 0 saturated heterocycles. The largest absolute Gasteiger partial charge is 0.494 e. The van der Waals surface area contributed by atoms with E-state index in [0.29, 0.717) is 30.1 Å². The maximum atomic E-state index is 12.7. The van der Waals surface area contributed by atoms with Crippen molar-refractivity contribution < 1.29 is 14.3 Å². The van der Waals surface area contributed by atoms with E-state index in [9.17, 15) is 4.79 Å². The fourth-order valence-corrected chi connectivity index (χ4v) is 4.00. The van der Waals surface area contributed by atoms with Crippen molar-refractivity contribution in [2.75, 3.05) is 20.3 Å². The van der Waals surface area contributed by atoms with E-state index in [1.54, 1.807) is 19.2 Å². The number of rotatable bonds is 8. The van der Waals surface area contributed by atoms with Crippen molar-refractivity contribution in [2.24, 2.45) is 4.99 Å². The number of benzene rings is 2. The van der Waals surface area contributed by atoms with Gasteiger partial charge in [-0.25, -0.2) is 0 Å². The van der Waals surface area contributed by atoms with Crippen LogP contribution >= 0.6 is 11.3 Å². The van der Waals surface area contributed by atoms with Gasteiger partial charge in [-0.05, 0) is 55.3 Å². The van der Waals surface area contributed by atoms with E-state index < -0.39 is 0 Å². The van der Waals surface area contributed by atoms with E-state index in [1.807, 2.05) is 16.7 Å². The van der Waals surface area contributed by atoms with Gasteiger partial charge in [-0.15, -0.1) is 0 Å². The summed E-state index contributed by atoms with van der Waals surface area (Å²) in [4.78, 5) is 17.8. The number of fused-ring (bicyclic) bond motifs is 1. The molecule has 3 rings (SSSR count). The van der Waals surface area contributed by atoms with E-state index >= 15 is 0 Å². The highest BCUT2D eigenvalue weighted by molar-refractivity contribution is 7.16. The van der Waals surface area contributed by atoms with Crippen LogP contribution in [0.4, 0.5) is 0 Å². The summed E-state index contributed by atoms with van der Waals surface area (Å²) in [6.45, 7) is 6.08. The third-order valence-corrected chi connectivity index (χ3v) is 5.46. The van der Waals surface area contributed by atoms with Crippen molar-refractivity contribution >= 4 is 27.5 Å². The topological polar surface area (TPSA) is 52.8 Å². The smallest absolute Gasteiger partial charge is 0.279 e. The Morgan fingerprint density at radius 2 is 1.93 bits per heavy atom. The first-order valence-corrected chi connectivity index (χ1v) is 10.3. The molecule has 0 unspecified atom stereocenters. The van der Waals surface area contributed by atoms with Crippen LogP contribution < -0.4 is 9.54 Å². The minimum Gasteiger partial charge on any atom is -0.494 e. The normalized spacial score (nSPS) is 11.9. The second-order valence-corrected chi connectivity index (χ2v) is 7.65. The van der Waals surface area contributed by atoms with Gasteiger partial charge < -0.3 is 14.0 Å². The van der Waals surface area contributed by atoms with E-state index in [4.69, 9.17) is 9.47 Å². The Morgan fingerprint density at radius 3 is 2.64 bits per heavy atom. The number of hydrogen-bond acceptors (Lipinski definition) is 4. The number of unbranched alkanes of at least 4 members (excludes halogenated alkanes) is 1. The number of hydrogen-bond donors (Lipinski definition) is 0. The third-order valence-electron chi connectivity index (χ3n) is 4.42. The molecule has 0 spiro atoms. The highest BCUT2D eigenvalue weighted by atomic mass is 32.1. The van der Waals surface area contributed by atoms with Gasteiger partial charge in [-0.3, -0.25) is 4.79 Å². The minimum absolute atomic E-state index is 0.255. The number of aryl methyl sites for hydroxylation is 1. The quantitative estimate of drug-likeness (QED) is 0.522. The average molecular weight is 399 g/mol. The van der Waals surface area contributed by atoms with Gasteiger partial charge in [0.2, 0.25) is 0 Å². The SMILES string of the molecule is CCCCOc1ccc(C(=O)N=c2sc3cc(C)ccc3n2CCOC)cc1. The summed E-state index contributed by atoms with van der Waals surface area (Å²) in [6.07, 6.45) is 2.11. The van der Waals surface area contributed by atoms with Crippen molar-refractivity contribution in [3.8, 4) is 5.75 Å². The first-order valence-electron chi connectivity index (χ1n) is 9.53. The summed E-state index contributed by atoms with van der Waals surface area (Å²) in [5, 5.41) is 0. The number of carbonyl (C=O) groups excluding carboxylic acids is 1. The molecule has 0 aliphatic rings. The van der Waals surface area contributed by atoms with Crippen LogP contribution in [0.2, 0.25) is 0 Å². The number of thiazole rings is 1. The van der Waals surface area contributed by atoms with Crippen LogP contribution in [0.3, 0.4) is 0 Å². The molecule has 1 heterocycles. The second kappa shape index (κ2) is 9.66. The zero-order chi connectivity index (χ0) is 19.9. The van der Waals surface area contributed by atoms with Gasteiger partial charge in [-0.1, -0.05) is 30.7 Å². The number of nitrogens with zero attached hydrogens (tertiary/aromatic N) is 2. The lowest BCUT2D eigenvalue weighted by Crippen LogP contribution is -2.19. The van der Waals surface area contributed by atoms with Gasteiger partial charge in [-0.2, -0.15) is 4.99 Å². The fraction of sp³-hybridized carbons (Fsp3) is 0.364. The number of carbonyl (C=O) groups is 1. The Kier molecular flexibility index (Phi) is 7.01. The number of amides is 1. The third kappa shape index (κ3) is 4.88. The van der Waals surface area contributed by atoms with Gasteiger partial charge in [0, 0.05) is 19.2 Å². The summed E-state index contributed by atoms with van der Waals surface area (Å²) in [6, 6.07) is 13.4. The maximum absolute atomic E-state index is 12.7. The van der Waals surface area contributed by atoms with Crippen LogP contribution in [0.15, 0.2) is 47.5 Å². The molecule has 5 nitrogen and oxygen atoms in total. The van der Waals surface area contributed by atoms with Crippen molar-refractivity contribution in [1.29, 1.82) is 0 Å². The molecule has 0 radical (unpaired) electrons. The van der Waals surface area contributed by atoms with Gasteiger partial charge >= 0.3 is 0 Å². The van der Waals surface area contributed by atoms with Crippen molar-refractivity contribution in [3.63, 3.8) is 0 Å². The zero-order valence-corrected chi connectivity index (χ0v) is 17.4. The molecule has 3 aromatic rings. The van der Waals surface area contributed by atoms with Crippen LogP contribution in [0, 0.1) is 6.92 Å². The predicted octanol–water partition coefficient (Wildman–Crippen LogP) is 4.58. The lowest BCUT2D eigenvalue weighted by atomic mass is 10.2. The lowest BCUT2D eigenvalue weighted by Gasteiger charge is -2.05. The van der Waals surface area contributed by atoms with E-state index in [1.165, 1.54) is 16.9 Å². The van der Waals surface area contributed by atoms with Gasteiger partial charge in [0.05, 0.1) is 23.4 Å². The first kappa shape index (κ1) is 20.3. The first-order chi connectivity index (χ1) is 13.6. The Hall–Kier alpha value is -2.44. The Morgan fingerprint density at radius 1 is 1.14 bits per heavy atom. The molecule has 148 valence electrons. The van der Waals surface area contributed by atoms with Crippen LogP contribution in [0.5, 0.6) is 5.75 Å². The van der Waals surface area contributed by atoms with Crippen LogP contribution in [-0.4, -0.2) is 30.8 Å². The summed E-state index contributed by atoms with van der Waals surface area (Å²) < 4.78 is 14.0. The molecule has 0 aliphatic carbocycles. The monoisotopic (exact) mass is 398 g/mol. The Bertz CT molecular complexity index is 1000. The van der Waals surface area contributed by atoms with Gasteiger partial charge in [0.15, 0.2) is 4.80 Å². The van der Waals surface area contributed by atoms with Gasteiger partial charge in [0.1, 0.15) is 5.75 Å². The van der Waals surface area contributed by atoms with E-state index in [2.05, 4.69) is 37.0 Å². The minimum atomic E-state index is -0.255. The fourth-order valence-electron chi connectivity index (χ4n) is 2.84. The van der Waals surface area contributed by atoms with Crippen molar-refractivity contribution in [3.05, 3.63) is 58.4 Å². The number of aromatic nitrogens is 1. The summed E-state index contributed by atoms with van der Waals surface area (Å²) in [5.74, 6) is 0.520. The van der Waals surface area contributed by atoms with E-state index in [0.717, 1.165) is 28.8 Å². The van der Waals surface area contributed by atoms with Crippen LogP contribution in [-0.2, 0) is 11.3 Å². The molecule has 0 N–H and O–H groups in total. The van der Waals surface area contributed by atoms with Crippen molar-refractivity contribution in [1.82, 2.24) is 4.57 Å². The molecular formula is C22H26N2O3S. The molecule has 0 aliphatic heterocycles. The maximum Gasteiger partial charge on any atom is 0.279 e. The van der Waals surface area contributed by atoms with Gasteiger partial charge in [0.25, 0.3) is 5.91 Å². The standard InChI is InChI=1S/C22H26N2O3S/c1-4-5-13-27-18-9-7-17(8-10-18)21(25)23-22-24(12-14-26-3)19-11-6-16(2)15-20(19)28-22/h6-11,15H,4-5,12-14H2,1-3H3. The van der Waals surface area contributed by atoms with Crippen LogP contribution in [0.1, 0.15) is 35.7 Å². The molecule has 0 atom stereocenters. The molecule has 0 fully saturated rings. The van der Waals surface area contributed by atoms with E-state index in [-0.39, 0.29) is 5.91 Å². The van der Waals surface area contributed by atoms with Crippen LogP contribution in [0.25, 0.3) is 10.2 Å². The predicted molar refractivity (Wildman–Crippen MR) is 113 cm³/mol.